The number of nitrogens with one attached hydrogen (secondary N) is 1. The first kappa shape index (κ1) is 20.7. The van der Waals surface area contributed by atoms with Gasteiger partial charge in [0.2, 0.25) is 15.9 Å². The molecule has 1 fully saturated rings. The van der Waals surface area contributed by atoms with Gasteiger partial charge < -0.3 is 10.1 Å². The van der Waals surface area contributed by atoms with E-state index in [0.717, 1.165) is 5.56 Å². The molecule has 0 spiro atoms. The maximum atomic E-state index is 12.9. The van der Waals surface area contributed by atoms with Crippen molar-refractivity contribution in [3.8, 4) is 5.75 Å². The van der Waals surface area contributed by atoms with E-state index >= 15 is 0 Å². The predicted octanol–water partition coefficient (Wildman–Crippen LogP) is 2.71. The Bertz CT molecular complexity index is 745. The van der Waals surface area contributed by atoms with Gasteiger partial charge in [0.25, 0.3) is 0 Å². The van der Waals surface area contributed by atoms with Gasteiger partial charge >= 0.3 is 0 Å². The molecule has 1 aliphatic rings. The van der Waals surface area contributed by atoms with Crippen LogP contribution in [0.4, 0.5) is 0 Å². The molecular formula is C19H30N2O4S. The molecule has 2 rings (SSSR count). The summed E-state index contributed by atoms with van der Waals surface area (Å²) in [6, 6.07) is 4.94. The standard InChI is InChI=1S/C19H30N2O4S/c1-6-25-17-8-7-16(13-14(17)2)26(23,24)21-11-9-15(10-12-21)18(22)20-19(3,4)5/h7-8,13,15H,6,9-12H2,1-5H3,(H,20,22). The fourth-order valence-corrected chi connectivity index (χ4v) is 4.63. The summed E-state index contributed by atoms with van der Waals surface area (Å²) >= 11 is 0. The summed E-state index contributed by atoms with van der Waals surface area (Å²) in [6.45, 7) is 10.8. The normalized spacial score (nSPS) is 17.1. The highest BCUT2D eigenvalue weighted by atomic mass is 32.2. The smallest absolute Gasteiger partial charge is 0.243 e. The second-order valence-corrected chi connectivity index (χ2v) is 9.72. The summed E-state index contributed by atoms with van der Waals surface area (Å²) < 4.78 is 32.7. The SMILES string of the molecule is CCOc1ccc(S(=O)(=O)N2CCC(C(=O)NC(C)(C)C)CC2)cc1C. The number of amides is 1. The fraction of sp³-hybridized carbons (Fsp3) is 0.632. The van der Waals surface area contributed by atoms with Crippen LogP contribution in [0.3, 0.4) is 0 Å². The maximum absolute atomic E-state index is 12.9. The number of rotatable bonds is 5. The molecule has 0 aromatic heterocycles. The van der Waals surface area contributed by atoms with Crippen molar-refractivity contribution >= 4 is 15.9 Å². The molecule has 0 bridgehead atoms. The van der Waals surface area contributed by atoms with Crippen LogP contribution < -0.4 is 10.1 Å². The van der Waals surface area contributed by atoms with Crippen LogP contribution in [0.15, 0.2) is 23.1 Å². The van der Waals surface area contributed by atoms with Gasteiger partial charge in [-0.3, -0.25) is 4.79 Å². The molecular weight excluding hydrogens is 352 g/mol. The van der Waals surface area contributed by atoms with E-state index in [1.165, 1.54) is 4.31 Å². The quantitative estimate of drug-likeness (QED) is 0.850. The number of sulfonamides is 1. The Kier molecular flexibility index (Phi) is 6.34. The van der Waals surface area contributed by atoms with Gasteiger partial charge in [0.1, 0.15) is 5.75 Å². The highest BCUT2D eigenvalue weighted by Gasteiger charge is 2.33. The average molecular weight is 383 g/mol. The van der Waals surface area contributed by atoms with Gasteiger partial charge in [-0.15, -0.1) is 0 Å². The summed E-state index contributed by atoms with van der Waals surface area (Å²) in [7, 11) is -3.55. The lowest BCUT2D eigenvalue weighted by atomic mass is 9.96. The molecule has 0 radical (unpaired) electrons. The van der Waals surface area contributed by atoms with Crippen LogP contribution in [0, 0.1) is 12.8 Å². The van der Waals surface area contributed by atoms with E-state index in [0.29, 0.717) is 38.3 Å². The zero-order valence-electron chi connectivity index (χ0n) is 16.3. The molecule has 1 aromatic rings. The highest BCUT2D eigenvalue weighted by Crippen LogP contribution is 2.27. The molecule has 1 aliphatic heterocycles. The van der Waals surface area contributed by atoms with Crippen molar-refractivity contribution in [2.75, 3.05) is 19.7 Å². The Morgan fingerprint density at radius 2 is 1.88 bits per heavy atom. The van der Waals surface area contributed by atoms with Gasteiger partial charge in [-0.1, -0.05) is 0 Å². The van der Waals surface area contributed by atoms with E-state index < -0.39 is 10.0 Å². The first-order valence-electron chi connectivity index (χ1n) is 9.10. The fourth-order valence-electron chi connectivity index (χ4n) is 3.08. The minimum Gasteiger partial charge on any atom is -0.494 e. The van der Waals surface area contributed by atoms with Crippen LogP contribution in [0.1, 0.15) is 46.1 Å². The van der Waals surface area contributed by atoms with Gasteiger partial charge in [0, 0.05) is 24.5 Å². The number of ether oxygens (including phenoxy) is 1. The maximum Gasteiger partial charge on any atom is 0.243 e. The summed E-state index contributed by atoms with van der Waals surface area (Å²) in [5, 5.41) is 2.98. The molecule has 6 nitrogen and oxygen atoms in total. The molecule has 1 heterocycles. The molecule has 0 atom stereocenters. The molecule has 1 saturated heterocycles. The summed E-state index contributed by atoms with van der Waals surface area (Å²) in [6.07, 6.45) is 1.08. The van der Waals surface area contributed by atoms with E-state index in [9.17, 15) is 13.2 Å². The number of piperidine rings is 1. The van der Waals surface area contributed by atoms with Gasteiger partial charge in [-0.05, 0) is 71.2 Å². The molecule has 1 aromatic carbocycles. The molecule has 1 N–H and O–H groups in total. The minimum atomic E-state index is -3.55. The lowest BCUT2D eigenvalue weighted by molar-refractivity contribution is -0.127. The molecule has 0 unspecified atom stereocenters. The first-order chi connectivity index (χ1) is 12.0. The highest BCUT2D eigenvalue weighted by molar-refractivity contribution is 7.89. The second-order valence-electron chi connectivity index (χ2n) is 7.78. The van der Waals surface area contributed by atoms with Gasteiger partial charge in [-0.25, -0.2) is 8.42 Å². The van der Waals surface area contributed by atoms with Crippen molar-refractivity contribution < 1.29 is 17.9 Å². The molecule has 0 saturated carbocycles. The van der Waals surface area contributed by atoms with Crippen LogP contribution in [-0.2, 0) is 14.8 Å². The zero-order valence-corrected chi connectivity index (χ0v) is 17.1. The number of hydrogen-bond acceptors (Lipinski definition) is 4. The topological polar surface area (TPSA) is 75.7 Å². The molecule has 1 amide bonds. The Morgan fingerprint density at radius 1 is 1.27 bits per heavy atom. The van der Waals surface area contributed by atoms with Crippen LogP contribution in [-0.4, -0.2) is 43.9 Å². The lowest BCUT2D eigenvalue weighted by Gasteiger charge is -2.32. The second kappa shape index (κ2) is 7.96. The van der Waals surface area contributed by atoms with Crippen molar-refractivity contribution in [1.82, 2.24) is 9.62 Å². The first-order valence-corrected chi connectivity index (χ1v) is 10.5. The van der Waals surface area contributed by atoms with Crippen LogP contribution in [0.5, 0.6) is 5.75 Å². The van der Waals surface area contributed by atoms with E-state index in [2.05, 4.69) is 5.32 Å². The average Bonchev–Trinajstić information content (AvgIpc) is 2.55. The van der Waals surface area contributed by atoms with Gasteiger partial charge in [0.15, 0.2) is 0 Å². The number of carbonyl (C=O) groups excluding carboxylic acids is 1. The Morgan fingerprint density at radius 3 is 2.38 bits per heavy atom. The largest absolute Gasteiger partial charge is 0.494 e. The lowest BCUT2D eigenvalue weighted by Crippen LogP contribution is -2.47. The number of benzene rings is 1. The van der Waals surface area contributed by atoms with E-state index in [1.54, 1.807) is 18.2 Å². The van der Waals surface area contributed by atoms with E-state index in [1.807, 2.05) is 34.6 Å². The number of nitrogens with zero attached hydrogens (tertiary/aromatic N) is 1. The Balaban J connectivity index is 2.06. The summed E-state index contributed by atoms with van der Waals surface area (Å²) in [5.74, 6) is 0.568. The van der Waals surface area contributed by atoms with Crippen molar-refractivity contribution in [3.63, 3.8) is 0 Å². The molecule has 146 valence electrons. The van der Waals surface area contributed by atoms with Crippen molar-refractivity contribution in [3.05, 3.63) is 23.8 Å². The van der Waals surface area contributed by atoms with E-state index in [-0.39, 0.29) is 22.3 Å². The zero-order chi connectivity index (χ0) is 19.5. The molecule has 7 heteroatoms. The number of hydrogen-bond donors (Lipinski definition) is 1. The van der Waals surface area contributed by atoms with Crippen LogP contribution >= 0.6 is 0 Å². The van der Waals surface area contributed by atoms with Crippen molar-refractivity contribution in [1.29, 1.82) is 0 Å². The summed E-state index contributed by atoms with van der Waals surface area (Å²) in [5.41, 5.74) is 0.521. The van der Waals surface area contributed by atoms with Crippen LogP contribution in [0.2, 0.25) is 0 Å². The monoisotopic (exact) mass is 382 g/mol. The Hall–Kier alpha value is -1.60. The van der Waals surface area contributed by atoms with Crippen molar-refractivity contribution in [2.45, 2.75) is 57.9 Å². The van der Waals surface area contributed by atoms with E-state index in [4.69, 9.17) is 4.74 Å². The number of carbonyl (C=O) groups is 1. The Labute approximate surface area is 157 Å². The minimum absolute atomic E-state index is 0.00598. The van der Waals surface area contributed by atoms with Gasteiger partial charge in [0.05, 0.1) is 11.5 Å². The molecule has 0 aliphatic carbocycles. The van der Waals surface area contributed by atoms with Crippen molar-refractivity contribution in [2.24, 2.45) is 5.92 Å². The van der Waals surface area contributed by atoms with Crippen LogP contribution in [0.25, 0.3) is 0 Å². The molecule has 26 heavy (non-hydrogen) atoms. The third kappa shape index (κ3) is 4.98. The predicted molar refractivity (Wildman–Crippen MR) is 102 cm³/mol. The third-order valence-electron chi connectivity index (χ3n) is 4.41. The summed E-state index contributed by atoms with van der Waals surface area (Å²) in [4.78, 5) is 12.6. The van der Waals surface area contributed by atoms with Gasteiger partial charge in [-0.2, -0.15) is 4.31 Å². The third-order valence-corrected chi connectivity index (χ3v) is 6.30. The number of aryl methyl sites for hydroxylation is 1.